The first kappa shape index (κ1) is 13.2. The molecule has 1 rings (SSSR count). The third kappa shape index (κ3) is 2.61. The molecule has 0 fully saturated rings. The second-order valence-corrected chi connectivity index (χ2v) is 6.25. The van der Waals surface area contributed by atoms with Gasteiger partial charge in [-0.25, -0.2) is 14.1 Å². The fourth-order valence-electron chi connectivity index (χ4n) is 1.32. The molecule has 0 spiro atoms. The molecule has 1 aromatic carbocycles. The molecule has 0 heterocycles. The van der Waals surface area contributed by atoms with E-state index >= 15 is 0 Å². The van der Waals surface area contributed by atoms with Crippen molar-refractivity contribution in [2.45, 2.75) is 24.3 Å². The van der Waals surface area contributed by atoms with E-state index in [2.05, 4.69) is 18.7 Å². The maximum Gasteiger partial charge on any atom is 0.132 e. The molecule has 1 aromatic rings. The molecule has 5 heteroatoms. The number of benzene rings is 1. The van der Waals surface area contributed by atoms with Gasteiger partial charge < -0.3 is 4.90 Å². The Morgan fingerprint density at radius 2 is 1.69 bits per heavy atom. The SMILES string of the molecule is CN(C)C(C)(C)c1ccc(S(=N)(N)=O)cc1. The molecule has 0 bridgehead atoms. The molecule has 0 saturated heterocycles. The molecule has 1 atom stereocenters. The van der Waals surface area contributed by atoms with Crippen molar-refractivity contribution in [1.82, 2.24) is 4.90 Å². The fraction of sp³-hybridized carbons (Fsp3) is 0.455. The number of hydrogen-bond acceptors (Lipinski definition) is 3. The number of nitrogens with zero attached hydrogens (tertiary/aromatic N) is 1. The maximum absolute atomic E-state index is 11.3. The average molecular weight is 241 g/mol. The molecular formula is C11H19N3OS. The van der Waals surface area contributed by atoms with Crippen molar-refractivity contribution in [1.29, 1.82) is 4.78 Å². The molecule has 3 N–H and O–H groups in total. The van der Waals surface area contributed by atoms with E-state index in [0.717, 1.165) is 5.56 Å². The van der Waals surface area contributed by atoms with Gasteiger partial charge >= 0.3 is 0 Å². The van der Waals surface area contributed by atoms with Gasteiger partial charge in [0, 0.05) is 5.54 Å². The number of nitrogens with two attached hydrogens (primary N) is 1. The predicted octanol–water partition coefficient (Wildman–Crippen LogP) is 1.76. The van der Waals surface area contributed by atoms with Gasteiger partial charge in [0.1, 0.15) is 9.92 Å². The van der Waals surface area contributed by atoms with Crippen LogP contribution >= 0.6 is 0 Å². The highest BCUT2D eigenvalue weighted by molar-refractivity contribution is 7.90. The summed E-state index contributed by atoms with van der Waals surface area (Å²) >= 11 is 0. The molecular weight excluding hydrogens is 222 g/mol. The van der Waals surface area contributed by atoms with E-state index in [1.165, 1.54) is 0 Å². The fourth-order valence-corrected chi connectivity index (χ4v) is 1.86. The highest BCUT2D eigenvalue weighted by atomic mass is 32.2. The number of rotatable bonds is 3. The molecule has 0 aliphatic heterocycles. The van der Waals surface area contributed by atoms with Crippen LogP contribution in [0, 0.1) is 4.78 Å². The average Bonchev–Trinajstić information content (AvgIpc) is 2.16. The summed E-state index contributed by atoms with van der Waals surface area (Å²) in [5, 5.41) is 5.26. The van der Waals surface area contributed by atoms with Crippen LogP contribution in [0.2, 0.25) is 0 Å². The summed E-state index contributed by atoms with van der Waals surface area (Å²) in [5.41, 5.74) is 1.00. The molecule has 4 nitrogen and oxygen atoms in total. The first-order valence-corrected chi connectivity index (χ1v) is 6.62. The van der Waals surface area contributed by atoms with Gasteiger partial charge in [-0.15, -0.1) is 0 Å². The Morgan fingerprint density at radius 1 is 1.25 bits per heavy atom. The molecule has 0 radical (unpaired) electrons. The van der Waals surface area contributed by atoms with Gasteiger partial charge in [0.15, 0.2) is 0 Å². The van der Waals surface area contributed by atoms with Crippen LogP contribution in [0.25, 0.3) is 0 Å². The second-order valence-electron chi connectivity index (χ2n) is 4.58. The van der Waals surface area contributed by atoms with Crippen molar-refractivity contribution >= 4 is 9.92 Å². The largest absolute Gasteiger partial charge is 0.300 e. The Morgan fingerprint density at radius 3 is 2.00 bits per heavy atom. The van der Waals surface area contributed by atoms with Crippen molar-refractivity contribution in [3.05, 3.63) is 29.8 Å². The maximum atomic E-state index is 11.3. The lowest BCUT2D eigenvalue weighted by atomic mass is 9.93. The predicted molar refractivity (Wildman–Crippen MR) is 66.5 cm³/mol. The molecule has 0 aliphatic carbocycles. The quantitative estimate of drug-likeness (QED) is 0.846. The zero-order chi connectivity index (χ0) is 12.6. The van der Waals surface area contributed by atoms with Gasteiger partial charge in [0.2, 0.25) is 0 Å². The molecule has 0 aliphatic rings. The van der Waals surface area contributed by atoms with Crippen LogP contribution in [0.3, 0.4) is 0 Å². The summed E-state index contributed by atoms with van der Waals surface area (Å²) in [5.74, 6) is 0. The van der Waals surface area contributed by atoms with Crippen LogP contribution in [0.15, 0.2) is 29.2 Å². The minimum atomic E-state index is -3.10. The first-order chi connectivity index (χ1) is 7.15. The Kier molecular flexibility index (Phi) is 3.42. The summed E-state index contributed by atoms with van der Waals surface area (Å²) in [7, 11) is 0.910. The molecule has 1 unspecified atom stereocenters. The van der Waals surface area contributed by atoms with E-state index in [1.54, 1.807) is 12.1 Å². The van der Waals surface area contributed by atoms with E-state index < -0.39 is 9.92 Å². The van der Waals surface area contributed by atoms with Gasteiger partial charge in [-0.1, -0.05) is 12.1 Å². The van der Waals surface area contributed by atoms with Gasteiger partial charge in [-0.2, -0.15) is 0 Å². The summed E-state index contributed by atoms with van der Waals surface area (Å²) in [4.78, 5) is 2.47. The smallest absolute Gasteiger partial charge is 0.132 e. The van der Waals surface area contributed by atoms with Crippen LogP contribution in [-0.4, -0.2) is 23.2 Å². The van der Waals surface area contributed by atoms with Gasteiger partial charge in [-0.3, -0.25) is 0 Å². The standard InChI is InChI=1S/C11H19N3OS/c1-11(2,14(3)4)9-5-7-10(8-6-9)16(12,13)15/h5-8H,1-4H3,(H3,12,13,15). The molecule has 0 aromatic heterocycles. The van der Waals surface area contributed by atoms with Crippen molar-refractivity contribution < 1.29 is 4.21 Å². The normalized spacial score (nSPS) is 16.1. The van der Waals surface area contributed by atoms with E-state index in [4.69, 9.17) is 9.92 Å². The summed E-state index contributed by atoms with van der Waals surface area (Å²) in [6.45, 7) is 4.20. The van der Waals surface area contributed by atoms with Gasteiger partial charge in [-0.05, 0) is 45.6 Å². The number of nitrogens with one attached hydrogen (secondary N) is 1. The van der Waals surface area contributed by atoms with Crippen LogP contribution in [0.4, 0.5) is 0 Å². The van der Waals surface area contributed by atoms with Crippen molar-refractivity contribution in [2.24, 2.45) is 5.14 Å². The molecule has 0 saturated carbocycles. The molecule has 16 heavy (non-hydrogen) atoms. The highest BCUT2D eigenvalue weighted by Gasteiger charge is 2.22. The second kappa shape index (κ2) is 4.16. The zero-order valence-corrected chi connectivity index (χ0v) is 11.0. The lowest BCUT2D eigenvalue weighted by molar-refractivity contribution is 0.197. The summed E-state index contributed by atoms with van der Waals surface area (Å²) in [6, 6.07) is 7.07. The lowest BCUT2D eigenvalue weighted by Crippen LogP contribution is -2.35. The van der Waals surface area contributed by atoms with Crippen LogP contribution in [0.5, 0.6) is 0 Å². The van der Waals surface area contributed by atoms with E-state index in [0.29, 0.717) is 4.90 Å². The summed E-state index contributed by atoms with van der Waals surface area (Å²) in [6.07, 6.45) is 0. The molecule has 90 valence electrons. The lowest BCUT2D eigenvalue weighted by Gasteiger charge is -2.33. The monoisotopic (exact) mass is 241 g/mol. The Labute approximate surface area is 97.6 Å². The Hall–Kier alpha value is -0.910. The van der Waals surface area contributed by atoms with Crippen molar-refractivity contribution in [3.63, 3.8) is 0 Å². The topological polar surface area (TPSA) is 70.2 Å². The van der Waals surface area contributed by atoms with Gasteiger partial charge in [0.05, 0.1) is 4.90 Å². The van der Waals surface area contributed by atoms with Crippen LogP contribution in [0.1, 0.15) is 19.4 Å². The zero-order valence-electron chi connectivity index (χ0n) is 10.2. The minimum absolute atomic E-state index is 0.101. The molecule has 0 amide bonds. The highest BCUT2D eigenvalue weighted by Crippen LogP contribution is 2.25. The van der Waals surface area contributed by atoms with Crippen molar-refractivity contribution in [3.8, 4) is 0 Å². The van der Waals surface area contributed by atoms with Crippen LogP contribution < -0.4 is 5.14 Å². The third-order valence-electron chi connectivity index (χ3n) is 3.03. The van der Waals surface area contributed by atoms with E-state index in [9.17, 15) is 4.21 Å². The van der Waals surface area contributed by atoms with Crippen LogP contribution in [-0.2, 0) is 15.5 Å². The number of hydrogen-bond donors (Lipinski definition) is 2. The van der Waals surface area contributed by atoms with Crippen molar-refractivity contribution in [2.75, 3.05) is 14.1 Å². The minimum Gasteiger partial charge on any atom is -0.300 e. The van der Waals surface area contributed by atoms with Gasteiger partial charge in [0.25, 0.3) is 0 Å². The third-order valence-corrected chi connectivity index (χ3v) is 4.00. The summed E-state index contributed by atoms with van der Waals surface area (Å²) < 4.78 is 18.6. The van der Waals surface area contributed by atoms with E-state index in [1.807, 2.05) is 26.2 Å². The first-order valence-electron chi connectivity index (χ1n) is 5.00. The Balaban J connectivity index is 3.14. The van der Waals surface area contributed by atoms with E-state index in [-0.39, 0.29) is 5.54 Å². The Bertz CT molecular complexity index is 461.